The number of morpholine rings is 1. The van der Waals surface area contributed by atoms with Gasteiger partial charge >= 0.3 is 0 Å². The van der Waals surface area contributed by atoms with Gasteiger partial charge in [0.05, 0.1) is 12.7 Å². The average molecular weight is 471 g/mol. The van der Waals surface area contributed by atoms with Gasteiger partial charge in [0.2, 0.25) is 5.91 Å². The topological polar surface area (TPSA) is 67.6 Å². The maximum absolute atomic E-state index is 12.5. The number of rotatable bonds is 6. The molecule has 1 amide bonds. The molecule has 5 nitrogen and oxygen atoms in total. The molecule has 0 radical (unpaired) electrons. The van der Waals surface area contributed by atoms with E-state index in [-0.39, 0.29) is 36.8 Å². The maximum atomic E-state index is 12.5. The lowest BCUT2D eigenvalue weighted by atomic mass is 9.92. The van der Waals surface area contributed by atoms with Gasteiger partial charge in [-0.05, 0) is 30.5 Å². The van der Waals surface area contributed by atoms with Crippen LogP contribution in [0.5, 0.6) is 0 Å². The summed E-state index contributed by atoms with van der Waals surface area (Å²) in [5, 5.41) is 2.95. The summed E-state index contributed by atoms with van der Waals surface area (Å²) < 4.78 is 6.73. The molecule has 150 valence electrons. The van der Waals surface area contributed by atoms with E-state index >= 15 is 0 Å². The molecule has 0 aliphatic carbocycles. The predicted octanol–water partition coefficient (Wildman–Crippen LogP) is 2.94. The minimum absolute atomic E-state index is 0. The molecule has 2 unspecified atom stereocenters. The molecule has 0 aromatic heterocycles. The lowest BCUT2D eigenvalue weighted by Crippen LogP contribution is -2.53. The van der Waals surface area contributed by atoms with Crippen LogP contribution in [-0.4, -0.2) is 49.7 Å². The van der Waals surface area contributed by atoms with Gasteiger partial charge in [-0.1, -0.05) is 41.9 Å². The number of benzene rings is 1. The molecule has 2 atom stereocenters. The fraction of sp³-hybridized carbons (Fsp3) is 0.611. The Balaban J connectivity index is 0.00000312. The molecule has 0 spiro atoms. The van der Waals surface area contributed by atoms with Crippen molar-refractivity contribution in [2.75, 3.05) is 32.8 Å². The third kappa shape index (κ3) is 7.33. The van der Waals surface area contributed by atoms with E-state index in [2.05, 4.69) is 40.0 Å². The summed E-state index contributed by atoms with van der Waals surface area (Å²) >= 11 is 3.39. The second-order valence-electron chi connectivity index (χ2n) is 7.07. The van der Waals surface area contributed by atoms with Crippen molar-refractivity contribution >= 4 is 46.7 Å². The predicted molar refractivity (Wildman–Crippen MR) is 114 cm³/mol. The number of halogens is 3. The van der Waals surface area contributed by atoms with Crippen molar-refractivity contribution < 1.29 is 9.53 Å². The summed E-state index contributed by atoms with van der Waals surface area (Å²) in [6, 6.07) is 7.51. The molecule has 26 heavy (non-hydrogen) atoms. The number of hydrogen-bond donors (Lipinski definition) is 2. The summed E-state index contributed by atoms with van der Waals surface area (Å²) in [6.07, 6.45) is 0.0159. The van der Waals surface area contributed by atoms with Crippen LogP contribution in [0.3, 0.4) is 0 Å². The molecular formula is C18H30BrCl2N3O2. The Morgan fingerprint density at radius 3 is 2.58 bits per heavy atom. The standard InChI is InChI=1S/C18H28BrN3O2.2ClH/c1-13(2)11-22-8-9-24-16(12-22)10-21-17(23)18(3,20)14-4-6-15(19)7-5-14;;/h4-7,13,16H,8-12,20H2,1-3H3,(H,21,23);2*1H. The van der Waals surface area contributed by atoms with Crippen molar-refractivity contribution in [1.82, 2.24) is 10.2 Å². The number of amides is 1. The lowest BCUT2D eigenvalue weighted by Gasteiger charge is -2.34. The van der Waals surface area contributed by atoms with E-state index in [9.17, 15) is 4.79 Å². The molecule has 0 saturated carbocycles. The van der Waals surface area contributed by atoms with Gasteiger partial charge in [0, 0.05) is 30.7 Å². The van der Waals surface area contributed by atoms with E-state index in [0.29, 0.717) is 19.1 Å². The lowest BCUT2D eigenvalue weighted by molar-refractivity contribution is -0.127. The van der Waals surface area contributed by atoms with Crippen LogP contribution in [-0.2, 0) is 15.1 Å². The minimum Gasteiger partial charge on any atom is -0.374 e. The van der Waals surface area contributed by atoms with Gasteiger partial charge in [-0.2, -0.15) is 0 Å². The van der Waals surface area contributed by atoms with Crippen molar-refractivity contribution in [1.29, 1.82) is 0 Å². The average Bonchev–Trinajstić information content (AvgIpc) is 2.52. The van der Waals surface area contributed by atoms with Crippen LogP contribution in [0.4, 0.5) is 0 Å². The van der Waals surface area contributed by atoms with E-state index in [1.54, 1.807) is 6.92 Å². The number of carbonyl (C=O) groups is 1. The molecule has 1 aromatic carbocycles. The molecule has 1 saturated heterocycles. The van der Waals surface area contributed by atoms with E-state index in [0.717, 1.165) is 29.7 Å². The zero-order chi connectivity index (χ0) is 17.7. The highest BCUT2D eigenvalue weighted by Gasteiger charge is 2.31. The quantitative estimate of drug-likeness (QED) is 0.670. The van der Waals surface area contributed by atoms with E-state index in [4.69, 9.17) is 10.5 Å². The Hall–Kier alpha value is -0.370. The molecule has 1 aromatic rings. The van der Waals surface area contributed by atoms with Crippen molar-refractivity contribution in [3.05, 3.63) is 34.3 Å². The molecular weight excluding hydrogens is 441 g/mol. The SMILES string of the molecule is CC(C)CN1CCOC(CNC(=O)C(C)(N)c2ccc(Br)cc2)C1.Cl.Cl. The highest BCUT2D eigenvalue weighted by atomic mass is 79.9. The third-order valence-corrected chi connectivity index (χ3v) is 4.78. The van der Waals surface area contributed by atoms with Gasteiger partial charge in [0.15, 0.2) is 0 Å². The van der Waals surface area contributed by atoms with E-state index in [1.807, 2.05) is 24.3 Å². The maximum Gasteiger partial charge on any atom is 0.244 e. The first-order valence-electron chi connectivity index (χ1n) is 8.46. The summed E-state index contributed by atoms with van der Waals surface area (Å²) in [5.41, 5.74) is 5.99. The summed E-state index contributed by atoms with van der Waals surface area (Å²) in [6.45, 7) is 10.2. The monoisotopic (exact) mass is 469 g/mol. The number of nitrogens with zero attached hydrogens (tertiary/aromatic N) is 1. The second-order valence-corrected chi connectivity index (χ2v) is 7.98. The zero-order valence-corrected chi connectivity index (χ0v) is 18.8. The van der Waals surface area contributed by atoms with Crippen LogP contribution in [0.1, 0.15) is 26.3 Å². The van der Waals surface area contributed by atoms with Gasteiger partial charge < -0.3 is 15.8 Å². The molecule has 8 heteroatoms. The second kappa shape index (κ2) is 11.5. The van der Waals surface area contributed by atoms with Crippen molar-refractivity contribution in [3.63, 3.8) is 0 Å². The van der Waals surface area contributed by atoms with Gasteiger partial charge in [-0.25, -0.2) is 0 Å². The Bertz CT molecular complexity index is 556. The first kappa shape index (κ1) is 25.6. The van der Waals surface area contributed by atoms with Crippen molar-refractivity contribution in [3.8, 4) is 0 Å². The first-order valence-corrected chi connectivity index (χ1v) is 9.25. The van der Waals surface area contributed by atoms with Crippen LogP contribution in [0, 0.1) is 5.92 Å². The first-order chi connectivity index (χ1) is 11.3. The Morgan fingerprint density at radius 2 is 2.00 bits per heavy atom. The van der Waals surface area contributed by atoms with Crippen LogP contribution in [0.25, 0.3) is 0 Å². The number of ether oxygens (including phenoxy) is 1. The molecule has 1 fully saturated rings. The zero-order valence-electron chi connectivity index (χ0n) is 15.5. The Labute approximate surface area is 177 Å². The van der Waals surface area contributed by atoms with E-state index < -0.39 is 5.54 Å². The van der Waals surface area contributed by atoms with Crippen molar-refractivity contribution in [2.24, 2.45) is 11.7 Å². The van der Waals surface area contributed by atoms with Crippen LogP contribution in [0.15, 0.2) is 28.7 Å². The molecule has 2 rings (SSSR count). The third-order valence-electron chi connectivity index (χ3n) is 4.25. The van der Waals surface area contributed by atoms with Crippen molar-refractivity contribution in [2.45, 2.75) is 32.4 Å². The van der Waals surface area contributed by atoms with Gasteiger partial charge in [-0.3, -0.25) is 9.69 Å². The number of carbonyl (C=O) groups excluding carboxylic acids is 1. The van der Waals surface area contributed by atoms with Crippen LogP contribution >= 0.6 is 40.7 Å². The number of nitrogens with two attached hydrogens (primary N) is 1. The highest BCUT2D eigenvalue weighted by Crippen LogP contribution is 2.20. The van der Waals surface area contributed by atoms with Crippen LogP contribution in [0.2, 0.25) is 0 Å². The number of nitrogens with one attached hydrogen (secondary N) is 1. The Morgan fingerprint density at radius 1 is 1.38 bits per heavy atom. The summed E-state index contributed by atoms with van der Waals surface area (Å²) in [7, 11) is 0. The molecule has 1 heterocycles. The molecule has 1 aliphatic rings. The summed E-state index contributed by atoms with van der Waals surface area (Å²) in [5.74, 6) is 0.442. The molecule has 0 bridgehead atoms. The normalized spacial score (nSPS) is 19.8. The van der Waals surface area contributed by atoms with Gasteiger partial charge in [0.25, 0.3) is 0 Å². The smallest absolute Gasteiger partial charge is 0.244 e. The van der Waals surface area contributed by atoms with Gasteiger partial charge in [0.1, 0.15) is 5.54 Å². The fourth-order valence-electron chi connectivity index (χ4n) is 2.90. The molecule has 1 aliphatic heterocycles. The number of hydrogen-bond acceptors (Lipinski definition) is 4. The van der Waals surface area contributed by atoms with Crippen LogP contribution < -0.4 is 11.1 Å². The highest BCUT2D eigenvalue weighted by molar-refractivity contribution is 9.10. The van der Waals surface area contributed by atoms with E-state index in [1.165, 1.54) is 0 Å². The Kier molecular flexibility index (Phi) is 11.3. The van der Waals surface area contributed by atoms with Gasteiger partial charge in [-0.15, -0.1) is 24.8 Å². The largest absolute Gasteiger partial charge is 0.374 e. The fourth-order valence-corrected chi connectivity index (χ4v) is 3.17. The molecule has 3 N–H and O–H groups in total. The summed E-state index contributed by atoms with van der Waals surface area (Å²) in [4.78, 5) is 14.9. The minimum atomic E-state index is -1.06.